The molecule has 7 heteroatoms. The molecule has 1 spiro atoms. The number of aromatic nitrogens is 1. The Morgan fingerprint density at radius 2 is 1.78 bits per heavy atom. The molecule has 0 radical (unpaired) electrons. The summed E-state index contributed by atoms with van der Waals surface area (Å²) in [6.45, 7) is 3.74. The van der Waals surface area contributed by atoms with Crippen molar-refractivity contribution in [3.05, 3.63) is 72.1 Å². The smallest absolute Gasteiger partial charge is 0.255 e. The molecule has 32 heavy (non-hydrogen) atoms. The molecule has 7 nitrogen and oxygen atoms in total. The number of nitrogens with one attached hydrogen (secondary N) is 2. The highest BCUT2D eigenvalue weighted by molar-refractivity contribution is 5.97. The number of likely N-dealkylation sites (tertiary alicyclic amines) is 1. The van der Waals surface area contributed by atoms with Gasteiger partial charge in [-0.2, -0.15) is 0 Å². The maximum atomic E-state index is 13.2. The predicted molar refractivity (Wildman–Crippen MR) is 122 cm³/mol. The highest BCUT2D eigenvalue weighted by atomic mass is 16.5. The molecule has 1 saturated heterocycles. The molecule has 3 heterocycles. The van der Waals surface area contributed by atoms with E-state index in [1.807, 2.05) is 48.8 Å². The summed E-state index contributed by atoms with van der Waals surface area (Å²) in [5.41, 5.74) is 1.30. The van der Waals surface area contributed by atoms with Crippen LogP contribution in [-0.4, -0.2) is 54.5 Å². The van der Waals surface area contributed by atoms with Gasteiger partial charge in [-0.25, -0.2) is 0 Å². The van der Waals surface area contributed by atoms with Gasteiger partial charge < -0.3 is 15.4 Å². The van der Waals surface area contributed by atoms with Gasteiger partial charge in [-0.3, -0.25) is 19.5 Å². The molecule has 2 N–H and O–H groups in total. The van der Waals surface area contributed by atoms with Crippen molar-refractivity contribution in [3.8, 4) is 5.75 Å². The zero-order chi connectivity index (χ0) is 22.2. The van der Waals surface area contributed by atoms with Gasteiger partial charge >= 0.3 is 0 Å². The molecule has 4 rings (SSSR count). The van der Waals surface area contributed by atoms with E-state index in [1.54, 1.807) is 12.1 Å². The van der Waals surface area contributed by atoms with E-state index < -0.39 is 5.41 Å². The van der Waals surface area contributed by atoms with Gasteiger partial charge in [0.2, 0.25) is 5.91 Å². The highest BCUT2D eigenvalue weighted by Gasteiger charge is 2.40. The van der Waals surface area contributed by atoms with Crippen LogP contribution in [0.15, 0.2) is 60.9 Å². The average Bonchev–Trinajstić information content (AvgIpc) is 2.83. The number of fused-ring (bicyclic) bond motifs is 1. The number of benzene rings is 1. The van der Waals surface area contributed by atoms with Crippen LogP contribution >= 0.6 is 0 Å². The van der Waals surface area contributed by atoms with Crippen LogP contribution in [0, 0.1) is 5.41 Å². The Balaban J connectivity index is 1.42. The van der Waals surface area contributed by atoms with Gasteiger partial charge in [-0.15, -0.1) is 0 Å². The minimum Gasteiger partial charge on any atom is -0.491 e. The van der Waals surface area contributed by atoms with Crippen LogP contribution in [0.1, 0.15) is 35.2 Å². The topological polar surface area (TPSA) is 83.6 Å². The summed E-state index contributed by atoms with van der Waals surface area (Å²) >= 11 is 0. The van der Waals surface area contributed by atoms with Crippen LogP contribution in [0.5, 0.6) is 5.75 Å². The number of nitrogens with zero attached hydrogens (tertiary/aromatic N) is 2. The molecule has 168 valence electrons. The summed E-state index contributed by atoms with van der Waals surface area (Å²) in [6, 6.07) is 11.2. The van der Waals surface area contributed by atoms with Crippen LogP contribution in [0.25, 0.3) is 0 Å². The Kier molecular flexibility index (Phi) is 7.17. The average molecular weight is 435 g/mol. The number of piperidine rings is 1. The summed E-state index contributed by atoms with van der Waals surface area (Å²) in [5, 5.41) is 5.99. The molecule has 2 aliphatic heterocycles. The van der Waals surface area contributed by atoms with Crippen molar-refractivity contribution < 1.29 is 14.3 Å². The summed E-state index contributed by atoms with van der Waals surface area (Å²) in [6.07, 6.45) is 9.85. The van der Waals surface area contributed by atoms with Crippen molar-refractivity contribution >= 4 is 11.8 Å². The maximum Gasteiger partial charge on any atom is 0.255 e. The molecular weight excluding hydrogens is 404 g/mol. The summed E-state index contributed by atoms with van der Waals surface area (Å²) in [7, 11) is 0. The molecule has 0 saturated carbocycles. The third kappa shape index (κ3) is 5.34. The van der Waals surface area contributed by atoms with Gasteiger partial charge in [-0.05, 0) is 62.2 Å². The Morgan fingerprint density at radius 3 is 2.59 bits per heavy atom. The number of para-hydroxylation sites is 1. The quantitative estimate of drug-likeness (QED) is 0.710. The molecule has 0 bridgehead atoms. The standard InChI is InChI=1S/C25H30N4O3/c30-23-21-5-1-2-6-22(21)32-18-15-28-24(31)25(9-3-4-12-27-23)10-16-29(17-11-25)19-20-7-13-26-14-8-20/h1-8,13-14H,9-12,15-19H2,(H,27,30)(H,28,31)/b4-3+. The molecule has 2 aliphatic rings. The monoisotopic (exact) mass is 434 g/mol. The Bertz CT molecular complexity index is 953. The third-order valence-electron chi connectivity index (χ3n) is 6.28. The number of carbonyl (C=O) groups is 2. The normalized spacial score (nSPS) is 20.9. The van der Waals surface area contributed by atoms with E-state index in [9.17, 15) is 9.59 Å². The fraction of sp³-hybridized carbons (Fsp3) is 0.400. The van der Waals surface area contributed by atoms with Crippen molar-refractivity contribution in [1.82, 2.24) is 20.5 Å². The van der Waals surface area contributed by atoms with E-state index in [0.717, 1.165) is 32.5 Å². The lowest BCUT2D eigenvalue weighted by molar-refractivity contribution is -0.134. The van der Waals surface area contributed by atoms with Crippen LogP contribution in [0.4, 0.5) is 0 Å². The number of carbonyl (C=O) groups excluding carboxylic acids is 2. The number of allylic oxidation sites excluding steroid dienone is 1. The fourth-order valence-electron chi connectivity index (χ4n) is 4.34. The molecule has 0 unspecified atom stereocenters. The van der Waals surface area contributed by atoms with Gasteiger partial charge in [0.15, 0.2) is 0 Å². The summed E-state index contributed by atoms with van der Waals surface area (Å²) in [5.74, 6) is 0.452. The number of rotatable bonds is 2. The van der Waals surface area contributed by atoms with E-state index in [-0.39, 0.29) is 11.8 Å². The zero-order valence-electron chi connectivity index (χ0n) is 18.3. The molecule has 1 aromatic heterocycles. The lowest BCUT2D eigenvalue weighted by atomic mass is 9.74. The van der Waals surface area contributed by atoms with E-state index in [0.29, 0.717) is 37.4 Å². The number of hydrogen-bond acceptors (Lipinski definition) is 5. The van der Waals surface area contributed by atoms with Crippen molar-refractivity contribution in [1.29, 1.82) is 0 Å². The zero-order valence-corrected chi connectivity index (χ0v) is 18.3. The molecule has 2 amide bonds. The molecule has 0 aliphatic carbocycles. The first-order valence-electron chi connectivity index (χ1n) is 11.2. The molecular formula is C25H30N4O3. The maximum absolute atomic E-state index is 13.2. The van der Waals surface area contributed by atoms with Crippen LogP contribution in [0.2, 0.25) is 0 Å². The number of hydrogen-bond donors (Lipinski definition) is 2. The lowest BCUT2D eigenvalue weighted by Gasteiger charge is -2.40. The second kappa shape index (κ2) is 10.4. The van der Waals surface area contributed by atoms with Crippen molar-refractivity contribution in [2.45, 2.75) is 25.8 Å². The lowest BCUT2D eigenvalue weighted by Crippen LogP contribution is -2.49. The van der Waals surface area contributed by atoms with Crippen molar-refractivity contribution in [3.63, 3.8) is 0 Å². The second-order valence-electron chi connectivity index (χ2n) is 8.40. The highest BCUT2D eigenvalue weighted by Crippen LogP contribution is 2.36. The van der Waals surface area contributed by atoms with Gasteiger partial charge in [-0.1, -0.05) is 24.3 Å². The Labute approximate surface area is 188 Å². The van der Waals surface area contributed by atoms with Gasteiger partial charge in [0, 0.05) is 25.5 Å². The van der Waals surface area contributed by atoms with E-state index in [1.165, 1.54) is 5.56 Å². The molecule has 2 aromatic rings. The summed E-state index contributed by atoms with van der Waals surface area (Å²) < 4.78 is 5.80. The predicted octanol–water partition coefficient (Wildman–Crippen LogP) is 2.55. The number of amides is 2. The van der Waals surface area contributed by atoms with Gasteiger partial charge in [0.1, 0.15) is 12.4 Å². The van der Waals surface area contributed by atoms with Gasteiger partial charge in [0.05, 0.1) is 17.5 Å². The first-order valence-corrected chi connectivity index (χ1v) is 11.2. The molecule has 1 fully saturated rings. The van der Waals surface area contributed by atoms with E-state index in [2.05, 4.69) is 20.5 Å². The number of pyridine rings is 1. The van der Waals surface area contributed by atoms with Crippen molar-refractivity contribution in [2.24, 2.45) is 5.41 Å². The molecule has 0 atom stereocenters. The second-order valence-corrected chi connectivity index (χ2v) is 8.40. The first kappa shape index (κ1) is 22.0. The third-order valence-corrected chi connectivity index (χ3v) is 6.28. The first-order chi connectivity index (χ1) is 15.7. The SMILES string of the molecule is O=C1NC/C=C/CC2(CCN(Cc3ccncc3)CC2)C(=O)NCCOc2ccccc21. The van der Waals surface area contributed by atoms with Crippen LogP contribution < -0.4 is 15.4 Å². The molecule has 1 aromatic carbocycles. The number of ether oxygens (including phenoxy) is 1. The van der Waals surface area contributed by atoms with E-state index >= 15 is 0 Å². The summed E-state index contributed by atoms with van der Waals surface area (Å²) in [4.78, 5) is 32.2. The Morgan fingerprint density at radius 1 is 1.00 bits per heavy atom. The van der Waals surface area contributed by atoms with E-state index in [4.69, 9.17) is 4.74 Å². The minimum absolute atomic E-state index is 0.0868. The van der Waals surface area contributed by atoms with Crippen LogP contribution in [-0.2, 0) is 11.3 Å². The Hall–Kier alpha value is -3.19. The largest absolute Gasteiger partial charge is 0.491 e. The minimum atomic E-state index is -0.433. The fourth-order valence-corrected chi connectivity index (χ4v) is 4.34. The van der Waals surface area contributed by atoms with Crippen molar-refractivity contribution in [2.75, 3.05) is 32.8 Å². The van der Waals surface area contributed by atoms with Crippen LogP contribution in [0.3, 0.4) is 0 Å². The van der Waals surface area contributed by atoms with Gasteiger partial charge in [0.25, 0.3) is 5.91 Å².